The molecule has 0 unspecified atom stereocenters. The van der Waals surface area contributed by atoms with Crippen molar-refractivity contribution in [2.24, 2.45) is 5.92 Å². The Bertz CT molecular complexity index is 1620. The number of ether oxygens (including phenoxy) is 1. The van der Waals surface area contributed by atoms with Crippen LogP contribution in [-0.4, -0.2) is 44.6 Å². The van der Waals surface area contributed by atoms with Gasteiger partial charge in [-0.25, -0.2) is 0 Å². The number of fused-ring (bicyclic) bond motifs is 2. The van der Waals surface area contributed by atoms with Crippen LogP contribution in [0.3, 0.4) is 0 Å². The van der Waals surface area contributed by atoms with Crippen molar-refractivity contribution < 1.29 is 19.4 Å². The Kier molecular flexibility index (Phi) is 6.63. The molecule has 1 aromatic heterocycles. The van der Waals surface area contributed by atoms with Crippen molar-refractivity contribution >= 4 is 23.2 Å². The van der Waals surface area contributed by atoms with E-state index < -0.39 is 11.7 Å². The molecule has 214 valence electrons. The summed E-state index contributed by atoms with van der Waals surface area (Å²) in [5.41, 5.74) is 3.93. The molecule has 0 saturated carbocycles. The topological polar surface area (TPSA) is 101 Å². The molecule has 0 aliphatic carbocycles. The monoisotopic (exact) mass is 563 g/mol. The molecule has 1 N–H and O–H groups in total. The zero-order chi connectivity index (χ0) is 28.8. The first-order chi connectivity index (χ1) is 20.4. The highest BCUT2D eigenvalue weighted by Gasteiger charge is 2.59. The van der Waals surface area contributed by atoms with E-state index in [1.165, 1.54) is 0 Å². The molecule has 9 heteroatoms. The van der Waals surface area contributed by atoms with Crippen LogP contribution in [0.4, 0.5) is 11.4 Å². The maximum Gasteiger partial charge on any atom is 0.264 e. The zero-order valence-electron chi connectivity index (χ0n) is 23.5. The molecule has 4 atom stereocenters. The van der Waals surface area contributed by atoms with Gasteiger partial charge >= 0.3 is 0 Å². The van der Waals surface area contributed by atoms with Crippen LogP contribution in [0.2, 0.25) is 0 Å². The minimum absolute atomic E-state index is 0.00725. The molecule has 0 radical (unpaired) electrons. The Labute approximate surface area is 244 Å². The summed E-state index contributed by atoms with van der Waals surface area (Å²) in [7, 11) is 0. The molecule has 1 spiro atoms. The number of para-hydroxylation sites is 1. The number of carbonyl (C=O) groups excluding carboxylic acids is 2. The molecule has 2 saturated heterocycles. The van der Waals surface area contributed by atoms with E-state index in [-0.39, 0.29) is 23.8 Å². The number of carbonyl (C=O) groups is 2. The molecule has 9 nitrogen and oxygen atoms in total. The first-order valence-electron chi connectivity index (χ1n) is 14.6. The standard InChI is InChI=1S/C33H33N5O4/c1-22-19-26(15-17-36-21-28(34-35-36)31(40)24-7-3-2-4-8-24)42-33(22)27-9-5-6-10-29(27)38(32(33)41)20-23-11-13-25(14-12-23)37-18-16-30(37)39/h2-14,21-22,26,31,40H,15-20H2,1H3/t22-,26+,31-,33+/m1/s1. The van der Waals surface area contributed by atoms with Gasteiger partial charge in [0.25, 0.3) is 5.91 Å². The molecule has 3 aromatic carbocycles. The SMILES string of the molecule is C[C@@H]1C[C@H](CCn2cc([C@H](O)c3ccccc3)nn2)O[C@@]12C(=O)N(Cc1ccc(N3CCC3=O)cc1)c1ccccc12. The first-order valence-corrected chi connectivity index (χ1v) is 14.6. The van der Waals surface area contributed by atoms with Crippen molar-refractivity contribution in [2.75, 3.05) is 16.3 Å². The number of aliphatic hydroxyl groups excluding tert-OH is 1. The largest absolute Gasteiger partial charge is 0.382 e. The minimum atomic E-state index is -1.03. The summed E-state index contributed by atoms with van der Waals surface area (Å²) < 4.78 is 8.44. The molecule has 4 aromatic rings. The van der Waals surface area contributed by atoms with Crippen molar-refractivity contribution in [1.82, 2.24) is 15.0 Å². The Morgan fingerprint density at radius 2 is 1.79 bits per heavy atom. The van der Waals surface area contributed by atoms with Gasteiger partial charge in [-0.2, -0.15) is 0 Å². The van der Waals surface area contributed by atoms with Gasteiger partial charge in [0.1, 0.15) is 11.8 Å². The molecule has 2 amide bonds. The van der Waals surface area contributed by atoms with Gasteiger partial charge in [0, 0.05) is 36.7 Å². The number of benzene rings is 3. The summed E-state index contributed by atoms with van der Waals surface area (Å²) in [6.07, 6.45) is 2.82. The lowest BCUT2D eigenvalue weighted by Crippen LogP contribution is -2.44. The molecule has 3 aliphatic rings. The second kappa shape index (κ2) is 10.5. The second-order valence-corrected chi connectivity index (χ2v) is 11.5. The van der Waals surface area contributed by atoms with Gasteiger partial charge in [-0.15, -0.1) is 5.10 Å². The molecule has 0 bridgehead atoms. The molecule has 3 aliphatic heterocycles. The molecular formula is C33H33N5O4. The van der Waals surface area contributed by atoms with Crippen molar-refractivity contribution in [3.05, 3.63) is 107 Å². The average Bonchev–Trinajstić information content (AvgIpc) is 3.69. The summed E-state index contributed by atoms with van der Waals surface area (Å²) in [6.45, 7) is 3.84. The molecular weight excluding hydrogens is 530 g/mol. The van der Waals surface area contributed by atoms with E-state index in [0.29, 0.717) is 31.6 Å². The number of anilines is 2. The fourth-order valence-corrected chi connectivity index (χ4v) is 6.54. The molecule has 2 fully saturated rings. The van der Waals surface area contributed by atoms with Crippen LogP contribution in [0.1, 0.15) is 54.7 Å². The van der Waals surface area contributed by atoms with Crippen LogP contribution in [-0.2, 0) is 33.0 Å². The summed E-state index contributed by atoms with van der Waals surface area (Å²) in [6, 6.07) is 25.2. The normalized spacial score (nSPS) is 23.9. The summed E-state index contributed by atoms with van der Waals surface area (Å²) >= 11 is 0. The maximum absolute atomic E-state index is 14.2. The van der Waals surface area contributed by atoms with Gasteiger partial charge in [-0.3, -0.25) is 14.3 Å². The summed E-state index contributed by atoms with van der Waals surface area (Å²) in [5, 5.41) is 19.1. The number of β-lactam (4-membered cyclic amide) rings is 1. The number of rotatable bonds is 8. The van der Waals surface area contributed by atoms with Crippen LogP contribution in [0.5, 0.6) is 0 Å². The van der Waals surface area contributed by atoms with E-state index in [4.69, 9.17) is 4.74 Å². The lowest BCUT2D eigenvalue weighted by molar-refractivity contribution is -0.146. The van der Waals surface area contributed by atoms with Gasteiger partial charge in [-0.05, 0) is 42.2 Å². The Balaban J connectivity index is 1.05. The Morgan fingerprint density at radius 3 is 2.52 bits per heavy atom. The van der Waals surface area contributed by atoms with Crippen molar-refractivity contribution in [3.8, 4) is 0 Å². The van der Waals surface area contributed by atoms with Crippen LogP contribution >= 0.6 is 0 Å². The Morgan fingerprint density at radius 1 is 1.02 bits per heavy atom. The van der Waals surface area contributed by atoms with Gasteiger partial charge in [0.2, 0.25) is 5.91 Å². The van der Waals surface area contributed by atoms with E-state index in [1.807, 2.05) is 83.8 Å². The molecule has 42 heavy (non-hydrogen) atoms. The van der Waals surface area contributed by atoms with Crippen LogP contribution in [0, 0.1) is 5.92 Å². The van der Waals surface area contributed by atoms with E-state index >= 15 is 0 Å². The van der Waals surface area contributed by atoms with Crippen molar-refractivity contribution in [2.45, 2.75) is 57.1 Å². The van der Waals surface area contributed by atoms with Crippen molar-refractivity contribution in [3.63, 3.8) is 0 Å². The highest BCUT2D eigenvalue weighted by molar-refractivity contribution is 6.07. The fraction of sp³-hybridized carbons (Fsp3) is 0.333. The highest BCUT2D eigenvalue weighted by Crippen LogP contribution is 2.53. The van der Waals surface area contributed by atoms with Crippen LogP contribution < -0.4 is 9.80 Å². The first kappa shape index (κ1) is 26.6. The third-order valence-electron chi connectivity index (χ3n) is 8.89. The number of hydrogen-bond acceptors (Lipinski definition) is 6. The average molecular weight is 564 g/mol. The van der Waals surface area contributed by atoms with Crippen LogP contribution in [0.25, 0.3) is 0 Å². The number of nitrogens with zero attached hydrogens (tertiary/aromatic N) is 5. The lowest BCUT2D eigenvalue weighted by Gasteiger charge is -2.31. The van der Waals surface area contributed by atoms with Crippen LogP contribution in [0.15, 0.2) is 85.1 Å². The maximum atomic E-state index is 14.2. The van der Waals surface area contributed by atoms with E-state index in [2.05, 4.69) is 17.2 Å². The Hall–Kier alpha value is -4.34. The molecule has 4 heterocycles. The smallest absolute Gasteiger partial charge is 0.264 e. The number of aliphatic hydroxyl groups is 1. The van der Waals surface area contributed by atoms with Crippen molar-refractivity contribution in [1.29, 1.82) is 0 Å². The summed E-state index contributed by atoms with van der Waals surface area (Å²) in [4.78, 5) is 29.6. The third-order valence-corrected chi connectivity index (χ3v) is 8.89. The number of hydrogen-bond donors (Lipinski definition) is 1. The van der Waals surface area contributed by atoms with Gasteiger partial charge in [0.05, 0.1) is 24.5 Å². The van der Waals surface area contributed by atoms with E-state index in [9.17, 15) is 14.7 Å². The predicted molar refractivity (Wildman–Crippen MR) is 157 cm³/mol. The van der Waals surface area contributed by atoms with Gasteiger partial charge in [-0.1, -0.05) is 72.8 Å². The van der Waals surface area contributed by atoms with Gasteiger partial charge in [0.15, 0.2) is 5.60 Å². The number of aryl methyl sites for hydroxylation is 1. The van der Waals surface area contributed by atoms with E-state index in [1.54, 1.807) is 15.8 Å². The predicted octanol–water partition coefficient (Wildman–Crippen LogP) is 4.35. The highest BCUT2D eigenvalue weighted by atomic mass is 16.5. The lowest BCUT2D eigenvalue weighted by atomic mass is 9.83. The third kappa shape index (κ3) is 4.40. The molecule has 7 rings (SSSR count). The fourth-order valence-electron chi connectivity index (χ4n) is 6.54. The van der Waals surface area contributed by atoms with E-state index in [0.717, 1.165) is 41.0 Å². The minimum Gasteiger partial charge on any atom is -0.382 e. The number of aromatic nitrogens is 3. The second-order valence-electron chi connectivity index (χ2n) is 11.5. The zero-order valence-corrected chi connectivity index (χ0v) is 23.5. The number of amides is 2. The summed E-state index contributed by atoms with van der Waals surface area (Å²) in [5.74, 6) is 0.103. The quantitative estimate of drug-likeness (QED) is 0.320. The van der Waals surface area contributed by atoms with Gasteiger partial charge < -0.3 is 19.6 Å².